The molecule has 0 saturated carbocycles. The van der Waals surface area contributed by atoms with Gasteiger partial charge in [-0.1, -0.05) is 47.7 Å². The molecule has 32 heavy (non-hydrogen) atoms. The number of aromatic nitrogens is 2. The summed E-state index contributed by atoms with van der Waals surface area (Å²) in [5.41, 5.74) is 2.07. The molecule has 4 aromatic rings. The molecule has 0 saturated heterocycles. The van der Waals surface area contributed by atoms with Gasteiger partial charge in [0.1, 0.15) is 0 Å². The molecule has 4 rings (SSSR count). The Bertz CT molecular complexity index is 1320. The van der Waals surface area contributed by atoms with Crippen LogP contribution in [0.15, 0.2) is 76.0 Å². The van der Waals surface area contributed by atoms with Crippen LogP contribution in [0.4, 0.5) is 4.79 Å². The van der Waals surface area contributed by atoms with Crippen molar-refractivity contribution in [2.75, 3.05) is 5.75 Å². The average molecular weight is 465 g/mol. The lowest BCUT2D eigenvalue weighted by Gasteiger charge is -2.13. The predicted octanol–water partition coefficient (Wildman–Crippen LogP) is 3.87. The highest BCUT2D eigenvalue weighted by Crippen LogP contribution is 2.21. The maximum absolute atomic E-state index is 13.2. The Morgan fingerprint density at radius 3 is 2.59 bits per heavy atom. The van der Waals surface area contributed by atoms with Crippen molar-refractivity contribution in [3.8, 4) is 5.69 Å². The largest absolute Gasteiger partial charge is 0.333 e. The van der Waals surface area contributed by atoms with Gasteiger partial charge >= 0.3 is 6.03 Å². The van der Waals surface area contributed by atoms with Crippen LogP contribution in [0.25, 0.3) is 16.6 Å². The smallest absolute Gasteiger partial charge is 0.321 e. The highest BCUT2D eigenvalue weighted by atomic mass is 32.2. The summed E-state index contributed by atoms with van der Waals surface area (Å²) in [5.74, 6) is -0.542. The van der Waals surface area contributed by atoms with Gasteiger partial charge in [-0.05, 0) is 42.6 Å². The molecule has 0 unspecified atom stereocenters. The van der Waals surface area contributed by atoms with E-state index in [2.05, 4.69) is 15.6 Å². The molecule has 2 N–H and O–H groups in total. The van der Waals surface area contributed by atoms with Crippen molar-refractivity contribution in [3.63, 3.8) is 0 Å². The standard InChI is InChI=1S/C23H20N4O3S2/c1-15-8-10-16(11-9-15)27-21(29)18-6-2-3-7-19(18)25-23(27)32-14-20(28)26-22(30)24-13-17-5-4-12-31-17/h2-12H,13-14H2,1H3,(H2,24,26,28,30). The van der Waals surface area contributed by atoms with E-state index in [9.17, 15) is 14.4 Å². The van der Waals surface area contributed by atoms with Gasteiger partial charge in [-0.25, -0.2) is 9.78 Å². The first-order chi connectivity index (χ1) is 15.5. The molecular formula is C23H20N4O3S2. The number of para-hydroxylation sites is 1. The van der Waals surface area contributed by atoms with Crippen LogP contribution in [0.3, 0.4) is 0 Å². The number of thiophene rings is 1. The number of hydrogen-bond donors (Lipinski definition) is 2. The molecule has 162 valence electrons. The molecule has 7 nitrogen and oxygen atoms in total. The minimum Gasteiger partial charge on any atom is -0.333 e. The van der Waals surface area contributed by atoms with Crippen LogP contribution in [0.2, 0.25) is 0 Å². The third kappa shape index (κ3) is 5.06. The number of aryl methyl sites for hydroxylation is 1. The van der Waals surface area contributed by atoms with Gasteiger partial charge in [-0.2, -0.15) is 0 Å². The Balaban J connectivity index is 1.52. The Hall–Kier alpha value is -3.43. The topological polar surface area (TPSA) is 93.1 Å². The molecular weight excluding hydrogens is 444 g/mol. The van der Waals surface area contributed by atoms with E-state index in [4.69, 9.17) is 0 Å². The molecule has 0 radical (unpaired) electrons. The van der Waals surface area contributed by atoms with Crippen LogP contribution in [-0.2, 0) is 11.3 Å². The van der Waals surface area contributed by atoms with Crippen molar-refractivity contribution in [3.05, 3.63) is 86.8 Å². The highest BCUT2D eigenvalue weighted by Gasteiger charge is 2.15. The molecule has 0 aliphatic rings. The number of amides is 3. The number of carbonyl (C=O) groups excluding carboxylic acids is 2. The maximum atomic E-state index is 13.2. The van der Waals surface area contributed by atoms with Gasteiger partial charge in [0.25, 0.3) is 5.56 Å². The summed E-state index contributed by atoms with van der Waals surface area (Å²) in [7, 11) is 0. The number of rotatable bonds is 6. The fourth-order valence-corrected chi connectivity index (χ4v) is 4.51. The van der Waals surface area contributed by atoms with E-state index in [1.54, 1.807) is 18.2 Å². The summed E-state index contributed by atoms with van der Waals surface area (Å²) in [6, 6.07) is 17.8. The second-order valence-corrected chi connectivity index (χ2v) is 8.96. The van der Waals surface area contributed by atoms with Gasteiger partial charge < -0.3 is 5.32 Å². The number of thioether (sulfide) groups is 1. The van der Waals surface area contributed by atoms with Gasteiger partial charge in [-0.3, -0.25) is 19.5 Å². The van der Waals surface area contributed by atoms with Crippen LogP contribution in [0.5, 0.6) is 0 Å². The molecule has 2 aromatic heterocycles. The Morgan fingerprint density at radius 1 is 1.06 bits per heavy atom. The van der Waals surface area contributed by atoms with Gasteiger partial charge in [0, 0.05) is 4.88 Å². The third-order valence-corrected chi connectivity index (χ3v) is 6.44. The van der Waals surface area contributed by atoms with Crippen molar-refractivity contribution < 1.29 is 9.59 Å². The van der Waals surface area contributed by atoms with Crippen LogP contribution in [0, 0.1) is 6.92 Å². The molecule has 0 fully saturated rings. The third-order valence-electron chi connectivity index (χ3n) is 4.63. The van der Waals surface area contributed by atoms with E-state index in [1.165, 1.54) is 15.9 Å². The fourth-order valence-electron chi connectivity index (χ4n) is 3.05. The lowest BCUT2D eigenvalue weighted by Crippen LogP contribution is -2.39. The second-order valence-electron chi connectivity index (χ2n) is 6.99. The maximum Gasteiger partial charge on any atom is 0.321 e. The molecule has 0 aliphatic heterocycles. The molecule has 2 heterocycles. The highest BCUT2D eigenvalue weighted by molar-refractivity contribution is 7.99. The first kappa shape index (κ1) is 21.8. The van der Waals surface area contributed by atoms with E-state index in [1.807, 2.05) is 54.8 Å². The van der Waals surface area contributed by atoms with Gasteiger partial charge in [0.2, 0.25) is 5.91 Å². The minimum absolute atomic E-state index is 0.0664. The van der Waals surface area contributed by atoms with Crippen LogP contribution >= 0.6 is 23.1 Å². The number of carbonyl (C=O) groups is 2. The first-order valence-electron chi connectivity index (χ1n) is 9.83. The van der Waals surface area contributed by atoms with Crippen molar-refractivity contribution in [1.29, 1.82) is 0 Å². The van der Waals surface area contributed by atoms with Crippen molar-refractivity contribution in [1.82, 2.24) is 20.2 Å². The Labute approximate surface area is 192 Å². The predicted molar refractivity (Wildman–Crippen MR) is 127 cm³/mol. The van der Waals surface area contributed by atoms with E-state index < -0.39 is 11.9 Å². The number of fused-ring (bicyclic) bond motifs is 1. The number of benzene rings is 2. The fraction of sp³-hybridized carbons (Fsp3) is 0.130. The van der Waals surface area contributed by atoms with Gasteiger partial charge in [0.15, 0.2) is 5.16 Å². The Kier molecular flexibility index (Phi) is 6.67. The Morgan fingerprint density at radius 2 is 1.84 bits per heavy atom. The second kappa shape index (κ2) is 9.80. The quantitative estimate of drug-likeness (QED) is 0.334. The summed E-state index contributed by atoms with van der Waals surface area (Å²) in [6.07, 6.45) is 0. The number of imide groups is 1. The SMILES string of the molecule is Cc1ccc(-n2c(SCC(=O)NC(=O)NCc3cccs3)nc3ccccc3c2=O)cc1. The first-order valence-corrected chi connectivity index (χ1v) is 11.7. The molecule has 3 amide bonds. The van der Waals surface area contributed by atoms with Crippen molar-refractivity contribution in [2.24, 2.45) is 0 Å². The molecule has 0 aliphatic carbocycles. The number of nitrogens with one attached hydrogen (secondary N) is 2. The van der Waals surface area contributed by atoms with Crippen LogP contribution in [-0.4, -0.2) is 27.2 Å². The van der Waals surface area contributed by atoms with Gasteiger partial charge in [-0.15, -0.1) is 11.3 Å². The van der Waals surface area contributed by atoms with Crippen LogP contribution in [0.1, 0.15) is 10.4 Å². The zero-order chi connectivity index (χ0) is 22.5. The lowest BCUT2D eigenvalue weighted by molar-refractivity contribution is -0.117. The number of urea groups is 1. The van der Waals surface area contributed by atoms with E-state index in [0.717, 1.165) is 22.2 Å². The minimum atomic E-state index is -0.564. The monoisotopic (exact) mass is 464 g/mol. The summed E-state index contributed by atoms with van der Waals surface area (Å²) in [6.45, 7) is 2.32. The van der Waals surface area contributed by atoms with Crippen molar-refractivity contribution >= 4 is 45.9 Å². The average Bonchev–Trinajstić information content (AvgIpc) is 3.31. The summed E-state index contributed by atoms with van der Waals surface area (Å²) in [5, 5.41) is 7.75. The van der Waals surface area contributed by atoms with Crippen molar-refractivity contribution in [2.45, 2.75) is 18.6 Å². The summed E-state index contributed by atoms with van der Waals surface area (Å²) < 4.78 is 1.50. The molecule has 2 aromatic carbocycles. The molecule has 0 atom stereocenters. The summed E-state index contributed by atoms with van der Waals surface area (Å²) in [4.78, 5) is 43.1. The molecule has 0 spiro atoms. The zero-order valence-corrected chi connectivity index (χ0v) is 18.8. The zero-order valence-electron chi connectivity index (χ0n) is 17.2. The van der Waals surface area contributed by atoms with E-state index in [0.29, 0.717) is 28.3 Å². The van der Waals surface area contributed by atoms with E-state index in [-0.39, 0.29) is 11.3 Å². The number of hydrogen-bond acceptors (Lipinski definition) is 6. The summed E-state index contributed by atoms with van der Waals surface area (Å²) >= 11 is 2.62. The van der Waals surface area contributed by atoms with Gasteiger partial charge in [0.05, 0.1) is 28.9 Å². The normalized spacial score (nSPS) is 10.8. The lowest BCUT2D eigenvalue weighted by atomic mass is 10.2. The molecule has 0 bridgehead atoms. The van der Waals surface area contributed by atoms with E-state index >= 15 is 0 Å². The number of nitrogens with zero attached hydrogens (tertiary/aromatic N) is 2. The van der Waals surface area contributed by atoms with Crippen LogP contribution < -0.4 is 16.2 Å². The molecule has 9 heteroatoms.